The first-order valence-electron chi connectivity index (χ1n) is 5.14. The number of carboxylic acids is 2. The predicted octanol–water partition coefficient (Wildman–Crippen LogP) is -0.521. The average Bonchev–Trinajstić information content (AvgIpc) is 2.76. The molecule has 0 fully saturated rings. The second kappa shape index (κ2) is 6.50. The van der Waals surface area contributed by atoms with Crippen LogP contribution in [0.2, 0.25) is 0 Å². The molecule has 1 aromatic heterocycles. The molecule has 19 heavy (non-hydrogen) atoms. The third kappa shape index (κ3) is 4.39. The molecule has 0 aliphatic rings. The Morgan fingerprint density at radius 3 is 2.68 bits per heavy atom. The fraction of sp³-hybridized carbons (Fsp3) is 0.400. The predicted molar refractivity (Wildman–Crippen MR) is 58.4 cm³/mol. The molecule has 0 aromatic carbocycles. The molecule has 0 saturated heterocycles. The molecule has 104 valence electrons. The lowest BCUT2D eigenvalue weighted by Crippen LogP contribution is -2.42. The maximum atomic E-state index is 11.6. The zero-order valence-electron chi connectivity index (χ0n) is 9.95. The summed E-state index contributed by atoms with van der Waals surface area (Å²) in [5.41, 5.74) is 0.359. The molecule has 9 heteroatoms. The fourth-order valence-corrected chi connectivity index (χ4v) is 1.24. The van der Waals surface area contributed by atoms with Crippen molar-refractivity contribution in [2.24, 2.45) is 0 Å². The minimum atomic E-state index is -1.54. The third-order valence-electron chi connectivity index (χ3n) is 2.06. The smallest absolute Gasteiger partial charge is 0.326 e. The van der Waals surface area contributed by atoms with Crippen molar-refractivity contribution in [1.82, 2.24) is 10.5 Å². The summed E-state index contributed by atoms with van der Waals surface area (Å²) in [5.74, 6) is -3.87. The van der Waals surface area contributed by atoms with Gasteiger partial charge in [0.2, 0.25) is 5.76 Å². The number of carboxylic acid groups (broad SMARTS) is 2. The van der Waals surface area contributed by atoms with E-state index in [1.165, 1.54) is 13.2 Å². The number of ether oxygens (including phenoxy) is 1. The van der Waals surface area contributed by atoms with Crippen LogP contribution in [0.1, 0.15) is 22.7 Å². The molecule has 1 amide bonds. The van der Waals surface area contributed by atoms with Crippen LogP contribution in [0.15, 0.2) is 10.6 Å². The molecular formula is C10H12N2O7. The summed E-state index contributed by atoms with van der Waals surface area (Å²) in [6.45, 7) is 0.133. The van der Waals surface area contributed by atoms with Gasteiger partial charge in [0.05, 0.1) is 13.0 Å². The largest absolute Gasteiger partial charge is 0.481 e. The number of hydrogen-bond acceptors (Lipinski definition) is 6. The van der Waals surface area contributed by atoms with Crippen LogP contribution in [0.5, 0.6) is 0 Å². The van der Waals surface area contributed by atoms with Gasteiger partial charge in [0, 0.05) is 13.2 Å². The maximum Gasteiger partial charge on any atom is 0.326 e. The first-order valence-corrected chi connectivity index (χ1v) is 5.14. The SMILES string of the molecule is COCc1cc(C(=O)N[C@@H](CC(=O)O)C(=O)O)on1. The van der Waals surface area contributed by atoms with Gasteiger partial charge in [0.25, 0.3) is 5.91 Å². The highest BCUT2D eigenvalue weighted by molar-refractivity contribution is 5.95. The van der Waals surface area contributed by atoms with Crippen molar-refractivity contribution in [3.8, 4) is 0 Å². The number of carbonyl (C=O) groups excluding carboxylic acids is 1. The summed E-state index contributed by atoms with van der Waals surface area (Å²) in [4.78, 5) is 32.8. The van der Waals surface area contributed by atoms with Crippen molar-refractivity contribution in [2.45, 2.75) is 19.1 Å². The summed E-state index contributed by atoms with van der Waals surface area (Å²) < 4.78 is 9.45. The number of hydrogen-bond donors (Lipinski definition) is 3. The van der Waals surface area contributed by atoms with E-state index >= 15 is 0 Å². The van der Waals surface area contributed by atoms with Crippen LogP contribution in [0.3, 0.4) is 0 Å². The minimum Gasteiger partial charge on any atom is -0.481 e. The van der Waals surface area contributed by atoms with Gasteiger partial charge in [-0.05, 0) is 0 Å². The number of nitrogens with one attached hydrogen (secondary N) is 1. The summed E-state index contributed by atoms with van der Waals surface area (Å²) in [6.07, 6.45) is -0.736. The van der Waals surface area contributed by atoms with Crippen molar-refractivity contribution in [3.05, 3.63) is 17.5 Å². The Bertz CT molecular complexity index is 482. The van der Waals surface area contributed by atoms with Gasteiger partial charge in [-0.25, -0.2) is 4.79 Å². The Labute approximate surface area is 107 Å². The number of aromatic nitrogens is 1. The van der Waals surface area contributed by atoms with E-state index in [0.29, 0.717) is 5.69 Å². The van der Waals surface area contributed by atoms with Crippen molar-refractivity contribution < 1.29 is 33.9 Å². The molecular weight excluding hydrogens is 260 g/mol. The van der Waals surface area contributed by atoms with E-state index in [9.17, 15) is 14.4 Å². The van der Waals surface area contributed by atoms with Crippen LogP contribution in [0, 0.1) is 0 Å². The van der Waals surface area contributed by atoms with E-state index in [1.807, 2.05) is 5.32 Å². The number of rotatable bonds is 7. The van der Waals surface area contributed by atoms with Crippen LogP contribution in [-0.4, -0.2) is 46.4 Å². The van der Waals surface area contributed by atoms with Crippen LogP contribution in [0.4, 0.5) is 0 Å². The molecule has 3 N–H and O–H groups in total. The molecule has 1 aromatic rings. The van der Waals surface area contributed by atoms with Gasteiger partial charge in [-0.2, -0.15) is 0 Å². The fourth-order valence-electron chi connectivity index (χ4n) is 1.24. The van der Waals surface area contributed by atoms with Crippen molar-refractivity contribution >= 4 is 17.8 Å². The highest BCUT2D eigenvalue weighted by Crippen LogP contribution is 2.05. The summed E-state index contributed by atoms with van der Waals surface area (Å²) in [5, 5.41) is 22.8. The van der Waals surface area contributed by atoms with Gasteiger partial charge < -0.3 is 24.8 Å². The number of aliphatic carboxylic acids is 2. The van der Waals surface area contributed by atoms with Gasteiger partial charge in [0.15, 0.2) is 0 Å². The Hall–Kier alpha value is -2.42. The normalized spacial score (nSPS) is 11.8. The lowest BCUT2D eigenvalue weighted by atomic mass is 10.2. The standard InChI is InChI=1S/C10H12N2O7/c1-18-4-5-2-7(19-12-5)9(15)11-6(10(16)17)3-8(13)14/h2,6H,3-4H2,1H3,(H,11,15)(H,13,14)(H,16,17)/t6-/m0/s1. The molecule has 1 atom stereocenters. The van der Waals surface area contributed by atoms with Crippen LogP contribution >= 0.6 is 0 Å². The number of carbonyl (C=O) groups is 3. The van der Waals surface area contributed by atoms with E-state index in [2.05, 4.69) is 9.68 Å². The molecule has 0 saturated carbocycles. The van der Waals surface area contributed by atoms with Gasteiger partial charge in [-0.15, -0.1) is 0 Å². The monoisotopic (exact) mass is 272 g/mol. The molecule has 0 radical (unpaired) electrons. The Morgan fingerprint density at radius 1 is 1.47 bits per heavy atom. The Balaban J connectivity index is 2.70. The van der Waals surface area contributed by atoms with E-state index in [4.69, 9.17) is 14.9 Å². The first kappa shape index (κ1) is 14.6. The topological polar surface area (TPSA) is 139 Å². The van der Waals surface area contributed by atoms with Crippen molar-refractivity contribution in [3.63, 3.8) is 0 Å². The average molecular weight is 272 g/mol. The van der Waals surface area contributed by atoms with Crippen LogP contribution in [0.25, 0.3) is 0 Å². The molecule has 0 spiro atoms. The molecule has 1 heterocycles. The van der Waals surface area contributed by atoms with E-state index < -0.39 is 30.3 Å². The van der Waals surface area contributed by atoms with Crippen molar-refractivity contribution in [2.75, 3.05) is 7.11 Å². The lowest BCUT2D eigenvalue weighted by molar-refractivity contribution is -0.145. The highest BCUT2D eigenvalue weighted by Gasteiger charge is 2.25. The second-order valence-electron chi connectivity index (χ2n) is 3.58. The Kier molecular flexibility index (Phi) is 5.01. The molecule has 0 unspecified atom stereocenters. The second-order valence-corrected chi connectivity index (χ2v) is 3.58. The zero-order chi connectivity index (χ0) is 14.4. The first-order chi connectivity index (χ1) is 8.93. The number of nitrogens with zero attached hydrogens (tertiary/aromatic N) is 1. The zero-order valence-corrected chi connectivity index (χ0v) is 9.95. The molecule has 0 bridgehead atoms. The minimum absolute atomic E-state index is 0.133. The number of methoxy groups -OCH3 is 1. The van der Waals surface area contributed by atoms with Crippen molar-refractivity contribution in [1.29, 1.82) is 0 Å². The van der Waals surface area contributed by atoms with E-state index in [-0.39, 0.29) is 12.4 Å². The summed E-state index contributed by atoms with van der Waals surface area (Å²) in [6, 6.07) is -0.264. The maximum absolute atomic E-state index is 11.6. The number of amides is 1. The van der Waals surface area contributed by atoms with Crippen LogP contribution in [-0.2, 0) is 20.9 Å². The van der Waals surface area contributed by atoms with Gasteiger partial charge in [-0.1, -0.05) is 5.16 Å². The van der Waals surface area contributed by atoms with E-state index in [1.54, 1.807) is 0 Å². The quantitative estimate of drug-likeness (QED) is 0.602. The van der Waals surface area contributed by atoms with Gasteiger partial charge in [0.1, 0.15) is 11.7 Å². The Morgan fingerprint density at radius 2 is 2.16 bits per heavy atom. The molecule has 0 aliphatic carbocycles. The molecule has 9 nitrogen and oxygen atoms in total. The van der Waals surface area contributed by atoms with Gasteiger partial charge in [-0.3, -0.25) is 9.59 Å². The summed E-state index contributed by atoms with van der Waals surface area (Å²) in [7, 11) is 1.43. The van der Waals surface area contributed by atoms with Gasteiger partial charge >= 0.3 is 11.9 Å². The summed E-state index contributed by atoms with van der Waals surface area (Å²) >= 11 is 0. The van der Waals surface area contributed by atoms with Crippen LogP contribution < -0.4 is 5.32 Å². The third-order valence-corrected chi connectivity index (χ3v) is 2.06. The molecule has 0 aliphatic heterocycles. The van der Waals surface area contributed by atoms with E-state index in [0.717, 1.165) is 0 Å². The highest BCUT2D eigenvalue weighted by atomic mass is 16.5. The lowest BCUT2D eigenvalue weighted by Gasteiger charge is -2.10. The molecule has 1 rings (SSSR count).